The molecule has 3 aromatic carbocycles. The number of rotatable bonds is 10. The van der Waals surface area contributed by atoms with Crippen LogP contribution in [0, 0.1) is 6.92 Å². The first-order chi connectivity index (χ1) is 17.1. The van der Waals surface area contributed by atoms with Crippen molar-refractivity contribution >= 4 is 34.6 Å². The molecule has 0 saturated carbocycles. The van der Waals surface area contributed by atoms with Gasteiger partial charge in [0.25, 0.3) is 11.8 Å². The van der Waals surface area contributed by atoms with E-state index < -0.39 is 0 Å². The van der Waals surface area contributed by atoms with Crippen LogP contribution in [0.4, 0.5) is 22.7 Å². The van der Waals surface area contributed by atoms with Crippen LogP contribution >= 0.6 is 0 Å². The van der Waals surface area contributed by atoms with Gasteiger partial charge < -0.3 is 25.3 Å². The number of anilines is 4. The Labute approximate surface area is 214 Å². The van der Waals surface area contributed by atoms with Crippen molar-refractivity contribution in [2.24, 2.45) is 0 Å². The van der Waals surface area contributed by atoms with E-state index in [9.17, 15) is 9.59 Å². The van der Waals surface area contributed by atoms with Crippen LogP contribution in [0.15, 0.2) is 66.7 Å². The maximum Gasteiger partial charge on any atom is 0.255 e. The Hall–Kier alpha value is -3.84. The molecule has 0 radical (unpaired) electrons. The lowest BCUT2D eigenvalue weighted by Gasteiger charge is -2.20. The molecule has 0 heterocycles. The van der Waals surface area contributed by atoms with Gasteiger partial charge in [0.05, 0.1) is 0 Å². The average molecular weight is 488 g/mol. The van der Waals surface area contributed by atoms with Crippen molar-refractivity contribution in [3.05, 3.63) is 83.4 Å². The van der Waals surface area contributed by atoms with Crippen LogP contribution in [-0.4, -0.2) is 65.0 Å². The highest BCUT2D eigenvalue weighted by Gasteiger charge is 2.12. The normalized spacial score (nSPS) is 10.8. The standard InChI is InChI=1S/C29H37N5O2/c1-21-11-14-24(30-29(36)23-9-7-10-26(19-23)33(4)5)20-27(21)31-28(35)22-12-15-25(16-13-22)34(6)18-8-17-32(2)3/h7,9-16,19-20H,8,17-18H2,1-6H3,(H,30,36)(H,31,35). The fourth-order valence-electron chi connectivity index (χ4n) is 3.78. The molecule has 0 bridgehead atoms. The van der Waals surface area contributed by atoms with Gasteiger partial charge in [0.2, 0.25) is 0 Å². The van der Waals surface area contributed by atoms with Crippen LogP contribution in [0.3, 0.4) is 0 Å². The van der Waals surface area contributed by atoms with E-state index in [0.717, 1.165) is 36.4 Å². The second kappa shape index (κ2) is 12.2. The molecule has 36 heavy (non-hydrogen) atoms. The molecule has 3 rings (SSSR count). The van der Waals surface area contributed by atoms with Gasteiger partial charge in [0.1, 0.15) is 0 Å². The van der Waals surface area contributed by atoms with Crippen LogP contribution in [0.1, 0.15) is 32.7 Å². The molecule has 7 heteroatoms. The Balaban J connectivity index is 1.65. The van der Waals surface area contributed by atoms with Crippen LogP contribution in [-0.2, 0) is 0 Å². The smallest absolute Gasteiger partial charge is 0.255 e. The highest BCUT2D eigenvalue weighted by Crippen LogP contribution is 2.23. The summed E-state index contributed by atoms with van der Waals surface area (Å²) in [5, 5.41) is 5.91. The predicted octanol–water partition coefficient (Wildman–Crippen LogP) is 4.95. The third-order valence-electron chi connectivity index (χ3n) is 6.04. The predicted molar refractivity (Wildman–Crippen MR) is 151 cm³/mol. The molecule has 0 fully saturated rings. The number of aryl methyl sites for hydroxylation is 1. The molecule has 0 saturated heterocycles. The Morgan fingerprint density at radius 1 is 0.722 bits per heavy atom. The summed E-state index contributed by atoms with van der Waals surface area (Å²) in [6, 6.07) is 20.5. The van der Waals surface area contributed by atoms with Gasteiger partial charge in [-0.05, 0) is 94.1 Å². The van der Waals surface area contributed by atoms with Crippen molar-refractivity contribution in [1.29, 1.82) is 0 Å². The Kier molecular flexibility index (Phi) is 9.08. The van der Waals surface area contributed by atoms with Gasteiger partial charge in [0, 0.05) is 61.6 Å². The molecular weight excluding hydrogens is 450 g/mol. The quantitative estimate of drug-likeness (QED) is 0.423. The lowest BCUT2D eigenvalue weighted by atomic mass is 10.1. The van der Waals surface area contributed by atoms with Crippen molar-refractivity contribution in [2.45, 2.75) is 13.3 Å². The summed E-state index contributed by atoms with van der Waals surface area (Å²) in [4.78, 5) is 32.0. The summed E-state index contributed by atoms with van der Waals surface area (Å²) in [5.74, 6) is -0.396. The third-order valence-corrected chi connectivity index (χ3v) is 6.04. The van der Waals surface area contributed by atoms with E-state index in [1.165, 1.54) is 0 Å². The van der Waals surface area contributed by atoms with Crippen LogP contribution in [0.25, 0.3) is 0 Å². The highest BCUT2D eigenvalue weighted by atomic mass is 16.2. The van der Waals surface area contributed by atoms with E-state index in [-0.39, 0.29) is 11.8 Å². The summed E-state index contributed by atoms with van der Waals surface area (Å²) >= 11 is 0. The largest absolute Gasteiger partial charge is 0.378 e. The number of amides is 2. The van der Waals surface area contributed by atoms with Gasteiger partial charge >= 0.3 is 0 Å². The second-order valence-corrected chi connectivity index (χ2v) is 9.51. The van der Waals surface area contributed by atoms with E-state index in [2.05, 4.69) is 41.6 Å². The molecule has 0 aliphatic heterocycles. The zero-order valence-corrected chi connectivity index (χ0v) is 22.1. The molecule has 2 amide bonds. The summed E-state index contributed by atoms with van der Waals surface area (Å²) in [5.41, 5.74) is 5.35. The molecule has 3 aromatic rings. The topological polar surface area (TPSA) is 67.9 Å². The fourth-order valence-corrected chi connectivity index (χ4v) is 3.78. The van der Waals surface area contributed by atoms with E-state index in [4.69, 9.17) is 0 Å². The van der Waals surface area contributed by atoms with E-state index >= 15 is 0 Å². The number of benzene rings is 3. The first-order valence-corrected chi connectivity index (χ1v) is 12.1. The van der Waals surface area contributed by atoms with Crippen molar-refractivity contribution in [3.8, 4) is 0 Å². The minimum atomic E-state index is -0.204. The first kappa shape index (κ1) is 26.8. The molecule has 190 valence electrons. The monoisotopic (exact) mass is 487 g/mol. The van der Waals surface area contributed by atoms with E-state index in [0.29, 0.717) is 22.5 Å². The summed E-state index contributed by atoms with van der Waals surface area (Å²) in [6.07, 6.45) is 1.07. The van der Waals surface area contributed by atoms with Crippen molar-refractivity contribution < 1.29 is 9.59 Å². The highest BCUT2D eigenvalue weighted by molar-refractivity contribution is 6.07. The van der Waals surface area contributed by atoms with Gasteiger partial charge in [-0.2, -0.15) is 0 Å². The molecule has 0 aliphatic carbocycles. The lowest BCUT2D eigenvalue weighted by Crippen LogP contribution is -2.23. The van der Waals surface area contributed by atoms with Crippen LogP contribution in [0.2, 0.25) is 0 Å². The van der Waals surface area contributed by atoms with Gasteiger partial charge in [-0.15, -0.1) is 0 Å². The first-order valence-electron chi connectivity index (χ1n) is 12.1. The van der Waals surface area contributed by atoms with Crippen molar-refractivity contribution in [2.75, 3.05) is 68.8 Å². The molecule has 2 N–H and O–H groups in total. The SMILES string of the molecule is Cc1ccc(NC(=O)c2cccc(N(C)C)c2)cc1NC(=O)c1ccc(N(C)CCCN(C)C)cc1. The van der Waals surface area contributed by atoms with Crippen LogP contribution < -0.4 is 20.4 Å². The molecule has 0 unspecified atom stereocenters. The van der Waals surface area contributed by atoms with Crippen molar-refractivity contribution in [1.82, 2.24) is 4.90 Å². The Morgan fingerprint density at radius 2 is 1.42 bits per heavy atom. The molecule has 0 aromatic heterocycles. The summed E-state index contributed by atoms with van der Waals surface area (Å²) < 4.78 is 0. The average Bonchev–Trinajstić information content (AvgIpc) is 2.85. The molecule has 0 aliphatic rings. The second-order valence-electron chi connectivity index (χ2n) is 9.51. The third kappa shape index (κ3) is 7.33. The van der Waals surface area contributed by atoms with Gasteiger partial charge in [-0.3, -0.25) is 9.59 Å². The zero-order chi connectivity index (χ0) is 26.2. The van der Waals surface area contributed by atoms with Gasteiger partial charge in [-0.25, -0.2) is 0 Å². The Morgan fingerprint density at radius 3 is 2.08 bits per heavy atom. The molecular formula is C29H37N5O2. The molecule has 7 nitrogen and oxygen atoms in total. The number of hydrogen-bond donors (Lipinski definition) is 2. The maximum atomic E-state index is 12.9. The molecule has 0 spiro atoms. The number of nitrogens with one attached hydrogen (secondary N) is 2. The van der Waals surface area contributed by atoms with Gasteiger partial charge in [-0.1, -0.05) is 12.1 Å². The summed E-state index contributed by atoms with van der Waals surface area (Å²) in [6.45, 7) is 3.90. The van der Waals surface area contributed by atoms with Gasteiger partial charge in [0.15, 0.2) is 0 Å². The summed E-state index contributed by atoms with van der Waals surface area (Å²) in [7, 11) is 10.1. The van der Waals surface area contributed by atoms with Crippen molar-refractivity contribution in [3.63, 3.8) is 0 Å². The maximum absolute atomic E-state index is 12.9. The molecule has 0 atom stereocenters. The fraction of sp³-hybridized carbons (Fsp3) is 0.310. The minimum Gasteiger partial charge on any atom is -0.378 e. The number of carbonyl (C=O) groups is 2. The minimum absolute atomic E-state index is 0.193. The number of nitrogens with zero attached hydrogens (tertiary/aromatic N) is 3. The lowest BCUT2D eigenvalue weighted by molar-refractivity contribution is 0.101. The zero-order valence-electron chi connectivity index (χ0n) is 22.1. The van der Waals surface area contributed by atoms with E-state index in [1.54, 1.807) is 12.1 Å². The number of hydrogen-bond acceptors (Lipinski definition) is 5. The van der Waals surface area contributed by atoms with E-state index in [1.807, 2.05) is 80.5 Å². The van der Waals surface area contributed by atoms with Crippen LogP contribution in [0.5, 0.6) is 0 Å². The number of carbonyl (C=O) groups excluding carboxylic acids is 2. The Bertz CT molecular complexity index is 1190.